The molecule has 2 aromatic rings. The fraction of sp³-hybridized carbons (Fsp3) is 0.200. The van der Waals surface area contributed by atoms with E-state index in [1.807, 2.05) is 6.07 Å². The third kappa shape index (κ3) is 2.04. The van der Waals surface area contributed by atoms with Crippen molar-refractivity contribution in [2.75, 3.05) is 0 Å². The highest BCUT2D eigenvalue weighted by molar-refractivity contribution is 5.55. The topological polar surface area (TPSA) is 30.9 Å². The molecule has 1 heterocycles. The minimum Gasteiger partial charge on any atom is -0.343 e. The molecule has 2 nitrogen and oxygen atoms in total. The summed E-state index contributed by atoms with van der Waals surface area (Å²) >= 11 is 0. The summed E-state index contributed by atoms with van der Waals surface area (Å²) in [5, 5.41) is 0. The van der Waals surface area contributed by atoms with Gasteiger partial charge < -0.3 is 10.3 Å². The molecule has 0 unspecified atom stereocenters. The van der Waals surface area contributed by atoms with Gasteiger partial charge in [0.2, 0.25) is 0 Å². The second-order valence-corrected chi connectivity index (χ2v) is 4.57. The van der Waals surface area contributed by atoms with Gasteiger partial charge in [0.05, 0.1) is 0 Å². The molecule has 1 aromatic heterocycles. The van der Waals surface area contributed by atoms with E-state index in [4.69, 9.17) is 5.73 Å². The van der Waals surface area contributed by atoms with E-state index in [9.17, 15) is 0 Å². The van der Waals surface area contributed by atoms with E-state index in [0.29, 0.717) is 0 Å². The lowest BCUT2D eigenvalue weighted by Crippen LogP contribution is -2.22. The third-order valence-corrected chi connectivity index (χ3v) is 3.25. The van der Waals surface area contributed by atoms with E-state index in [1.54, 1.807) is 0 Å². The van der Waals surface area contributed by atoms with Crippen molar-refractivity contribution in [2.45, 2.75) is 19.0 Å². The second-order valence-electron chi connectivity index (χ2n) is 4.57. The van der Waals surface area contributed by atoms with Crippen LogP contribution in [0.1, 0.15) is 16.8 Å². The Morgan fingerprint density at radius 3 is 2.82 bits per heavy atom. The van der Waals surface area contributed by atoms with Gasteiger partial charge in [0.1, 0.15) is 0 Å². The molecule has 1 aliphatic rings. The quantitative estimate of drug-likeness (QED) is 0.834. The maximum atomic E-state index is 5.92. The number of aromatic nitrogens is 1. The first kappa shape index (κ1) is 10.4. The fourth-order valence-electron chi connectivity index (χ4n) is 2.36. The smallest absolute Gasteiger partial charge is 0.0476 e. The van der Waals surface area contributed by atoms with Gasteiger partial charge in [-0.15, -0.1) is 0 Å². The second kappa shape index (κ2) is 4.22. The summed E-state index contributed by atoms with van der Waals surface area (Å²) in [5.74, 6) is 0. The summed E-state index contributed by atoms with van der Waals surface area (Å²) in [6, 6.07) is 12.9. The van der Waals surface area contributed by atoms with Gasteiger partial charge in [-0.1, -0.05) is 36.4 Å². The molecule has 0 fully saturated rings. The molecule has 0 spiro atoms. The van der Waals surface area contributed by atoms with Crippen LogP contribution in [0.5, 0.6) is 0 Å². The van der Waals surface area contributed by atoms with Gasteiger partial charge in [-0.2, -0.15) is 0 Å². The van der Waals surface area contributed by atoms with Crippen LogP contribution in [0, 0.1) is 0 Å². The van der Waals surface area contributed by atoms with E-state index in [1.165, 1.54) is 16.8 Å². The lowest BCUT2D eigenvalue weighted by Gasteiger charge is -2.15. The van der Waals surface area contributed by atoms with Crippen molar-refractivity contribution in [3.8, 4) is 0 Å². The molecular formula is C15H16N2. The van der Waals surface area contributed by atoms with Gasteiger partial charge in [-0.3, -0.25) is 0 Å². The molecule has 0 aliphatic heterocycles. The molecule has 1 aromatic carbocycles. The lowest BCUT2D eigenvalue weighted by atomic mass is 10.0. The Kier molecular flexibility index (Phi) is 2.57. The summed E-state index contributed by atoms with van der Waals surface area (Å²) in [5.41, 5.74) is 9.90. The number of benzene rings is 1. The van der Waals surface area contributed by atoms with Crippen LogP contribution >= 0.6 is 0 Å². The van der Waals surface area contributed by atoms with Gasteiger partial charge in [0.15, 0.2) is 0 Å². The first-order valence-electron chi connectivity index (χ1n) is 5.98. The molecular weight excluding hydrogens is 208 g/mol. The maximum Gasteiger partial charge on any atom is 0.0476 e. The molecule has 0 saturated heterocycles. The fourth-order valence-corrected chi connectivity index (χ4v) is 2.36. The summed E-state index contributed by atoms with van der Waals surface area (Å²) < 4.78 is 2.28. The maximum absolute atomic E-state index is 5.92. The van der Waals surface area contributed by atoms with Gasteiger partial charge in [-0.05, 0) is 29.7 Å². The minimum absolute atomic E-state index is 0.176. The number of nitrogens with zero attached hydrogens (tertiary/aromatic N) is 1. The van der Waals surface area contributed by atoms with Gasteiger partial charge in [-0.25, -0.2) is 0 Å². The molecule has 2 heteroatoms. The average molecular weight is 224 g/mol. The largest absolute Gasteiger partial charge is 0.343 e. The van der Waals surface area contributed by atoms with Crippen LogP contribution in [0.4, 0.5) is 0 Å². The average Bonchev–Trinajstić information content (AvgIpc) is 2.73. The highest BCUT2D eigenvalue weighted by atomic mass is 15.0. The van der Waals surface area contributed by atoms with Crippen LogP contribution in [0.15, 0.2) is 48.7 Å². The molecule has 86 valence electrons. The molecule has 1 atom stereocenters. The zero-order valence-corrected chi connectivity index (χ0v) is 9.71. The normalized spacial score (nSPS) is 18.1. The van der Waals surface area contributed by atoms with Crippen molar-refractivity contribution in [3.05, 3.63) is 65.5 Å². The van der Waals surface area contributed by atoms with Crippen LogP contribution < -0.4 is 5.73 Å². The SMILES string of the molecule is N[C@H]1C=Cc2c(ccn2Cc2ccccc2)C1. The Hall–Kier alpha value is -1.80. The Morgan fingerprint density at radius 2 is 2.00 bits per heavy atom. The predicted octanol–water partition coefficient (Wildman–Crippen LogP) is 2.43. The molecule has 0 bridgehead atoms. The number of rotatable bonds is 2. The molecule has 0 amide bonds. The van der Waals surface area contributed by atoms with Crippen molar-refractivity contribution in [1.29, 1.82) is 0 Å². The molecule has 2 N–H and O–H groups in total. The molecule has 0 radical (unpaired) electrons. The zero-order valence-electron chi connectivity index (χ0n) is 9.71. The van der Waals surface area contributed by atoms with Gasteiger partial charge in [0.25, 0.3) is 0 Å². The summed E-state index contributed by atoms with van der Waals surface area (Å²) in [6.45, 7) is 0.926. The highest BCUT2D eigenvalue weighted by Gasteiger charge is 2.13. The Morgan fingerprint density at radius 1 is 1.18 bits per heavy atom. The van der Waals surface area contributed by atoms with Gasteiger partial charge >= 0.3 is 0 Å². The van der Waals surface area contributed by atoms with Crippen molar-refractivity contribution in [1.82, 2.24) is 4.57 Å². The predicted molar refractivity (Wildman–Crippen MR) is 70.7 cm³/mol. The Balaban J connectivity index is 1.90. The lowest BCUT2D eigenvalue weighted by molar-refractivity contribution is 0.760. The van der Waals surface area contributed by atoms with E-state index in [2.05, 4.69) is 53.2 Å². The molecule has 3 rings (SSSR count). The van der Waals surface area contributed by atoms with Crippen molar-refractivity contribution in [2.24, 2.45) is 5.73 Å². The molecule has 17 heavy (non-hydrogen) atoms. The number of fused-ring (bicyclic) bond motifs is 1. The monoisotopic (exact) mass is 224 g/mol. The molecule has 1 aliphatic carbocycles. The summed E-state index contributed by atoms with van der Waals surface area (Å²) in [7, 11) is 0. The number of nitrogens with two attached hydrogens (primary N) is 1. The summed E-state index contributed by atoms with van der Waals surface area (Å²) in [4.78, 5) is 0. The van der Waals surface area contributed by atoms with Crippen LogP contribution in [0.25, 0.3) is 6.08 Å². The standard InChI is InChI=1S/C15H16N2/c16-14-6-7-15-13(10-14)8-9-17(15)11-12-4-2-1-3-5-12/h1-9,14H,10-11,16H2/t14-/m0/s1. The van der Waals surface area contributed by atoms with Crippen LogP contribution in [0.3, 0.4) is 0 Å². The van der Waals surface area contributed by atoms with E-state index >= 15 is 0 Å². The first-order chi connectivity index (χ1) is 8.33. The van der Waals surface area contributed by atoms with E-state index < -0.39 is 0 Å². The Labute approximate surface area is 101 Å². The highest BCUT2D eigenvalue weighted by Crippen LogP contribution is 2.20. The van der Waals surface area contributed by atoms with E-state index in [0.717, 1.165) is 13.0 Å². The van der Waals surface area contributed by atoms with Crippen LogP contribution in [-0.2, 0) is 13.0 Å². The zero-order chi connectivity index (χ0) is 11.7. The first-order valence-corrected chi connectivity index (χ1v) is 5.98. The van der Waals surface area contributed by atoms with Crippen LogP contribution in [-0.4, -0.2) is 10.6 Å². The van der Waals surface area contributed by atoms with Crippen LogP contribution in [0.2, 0.25) is 0 Å². The minimum atomic E-state index is 0.176. The molecule has 0 saturated carbocycles. The van der Waals surface area contributed by atoms with E-state index in [-0.39, 0.29) is 6.04 Å². The third-order valence-electron chi connectivity index (χ3n) is 3.25. The number of hydrogen-bond acceptors (Lipinski definition) is 1. The van der Waals surface area contributed by atoms with Gasteiger partial charge in [0, 0.05) is 24.5 Å². The number of hydrogen-bond donors (Lipinski definition) is 1. The van der Waals surface area contributed by atoms with Crippen molar-refractivity contribution >= 4 is 6.08 Å². The Bertz CT molecular complexity index is 537. The van der Waals surface area contributed by atoms with Crippen molar-refractivity contribution in [3.63, 3.8) is 0 Å². The van der Waals surface area contributed by atoms with Crippen molar-refractivity contribution < 1.29 is 0 Å². The summed E-state index contributed by atoms with van der Waals surface area (Å²) in [6.07, 6.45) is 7.34.